The number of thiophene rings is 1. The van der Waals surface area contributed by atoms with E-state index in [0.717, 1.165) is 4.88 Å². The minimum atomic E-state index is -0.503. The van der Waals surface area contributed by atoms with Crippen LogP contribution in [0.15, 0.2) is 29.6 Å². The summed E-state index contributed by atoms with van der Waals surface area (Å²) in [6, 6.07) is 7.61. The summed E-state index contributed by atoms with van der Waals surface area (Å²) in [6.07, 6.45) is 2.39. The van der Waals surface area contributed by atoms with E-state index in [2.05, 4.69) is 17.5 Å². The number of rotatable bonds is 3. The Kier molecular flexibility index (Phi) is 2.61. The van der Waals surface area contributed by atoms with Gasteiger partial charge < -0.3 is 5.73 Å². The molecule has 1 aromatic heterocycles. The molecule has 3 heteroatoms. The Morgan fingerprint density at radius 3 is 3.00 bits per heavy atom. The van der Waals surface area contributed by atoms with Crippen LogP contribution in [0.1, 0.15) is 4.88 Å². The van der Waals surface area contributed by atoms with Crippen LogP contribution in [0.2, 0.25) is 0 Å². The fourth-order valence-electron chi connectivity index (χ4n) is 1.45. The highest BCUT2D eigenvalue weighted by atomic mass is 32.1. The molecular formula is C11H10NOS. The van der Waals surface area contributed by atoms with E-state index in [4.69, 9.17) is 5.73 Å². The van der Waals surface area contributed by atoms with Crippen molar-refractivity contribution < 1.29 is 4.79 Å². The predicted molar refractivity (Wildman–Crippen MR) is 59.2 cm³/mol. The van der Waals surface area contributed by atoms with Gasteiger partial charge in [0.25, 0.3) is 0 Å². The zero-order chi connectivity index (χ0) is 9.97. The lowest BCUT2D eigenvalue weighted by Crippen LogP contribution is -2.23. The van der Waals surface area contributed by atoms with Gasteiger partial charge in [0.1, 0.15) is 0 Å². The summed E-state index contributed by atoms with van der Waals surface area (Å²) in [5, 5.41) is 4.50. The molecule has 2 rings (SSSR count). The van der Waals surface area contributed by atoms with Gasteiger partial charge in [0.05, 0.1) is 6.04 Å². The van der Waals surface area contributed by atoms with Gasteiger partial charge in [-0.15, -0.1) is 11.3 Å². The van der Waals surface area contributed by atoms with E-state index in [1.54, 1.807) is 17.6 Å². The smallest absolute Gasteiger partial charge is 0.217 e. The second kappa shape index (κ2) is 3.90. The molecule has 0 fully saturated rings. The lowest BCUT2D eigenvalue weighted by Gasteiger charge is -2.00. The van der Waals surface area contributed by atoms with Crippen LogP contribution in [-0.2, 0) is 11.2 Å². The first kappa shape index (κ1) is 9.37. The highest BCUT2D eigenvalue weighted by Gasteiger charge is 2.08. The van der Waals surface area contributed by atoms with Crippen molar-refractivity contribution in [3.8, 4) is 0 Å². The molecule has 0 unspecified atom stereocenters. The Hall–Kier alpha value is -1.19. The summed E-state index contributed by atoms with van der Waals surface area (Å²) in [6.45, 7) is 0. The summed E-state index contributed by atoms with van der Waals surface area (Å²) >= 11 is 1.65. The van der Waals surface area contributed by atoms with E-state index in [1.165, 1.54) is 10.8 Å². The first-order valence-electron chi connectivity index (χ1n) is 4.39. The monoisotopic (exact) mass is 204 g/mol. The van der Waals surface area contributed by atoms with Crippen LogP contribution in [0.5, 0.6) is 0 Å². The molecule has 1 heterocycles. The summed E-state index contributed by atoms with van der Waals surface area (Å²) in [4.78, 5) is 11.5. The molecule has 0 saturated carbocycles. The SMILES string of the molecule is N[C@H]([C]=O)Cc1scc2ccccc12. The van der Waals surface area contributed by atoms with Crippen LogP contribution in [0.4, 0.5) is 0 Å². The molecule has 0 aliphatic heterocycles. The molecule has 0 saturated heterocycles. The maximum Gasteiger partial charge on any atom is 0.217 e. The normalized spacial score (nSPS) is 12.9. The van der Waals surface area contributed by atoms with E-state index in [-0.39, 0.29) is 0 Å². The molecule has 2 nitrogen and oxygen atoms in total. The van der Waals surface area contributed by atoms with E-state index < -0.39 is 6.04 Å². The maximum atomic E-state index is 10.3. The molecule has 0 aliphatic carbocycles. The largest absolute Gasteiger partial charge is 0.321 e. The van der Waals surface area contributed by atoms with E-state index >= 15 is 0 Å². The van der Waals surface area contributed by atoms with Crippen LogP contribution in [0, 0.1) is 0 Å². The minimum absolute atomic E-state index is 0.503. The first-order valence-corrected chi connectivity index (χ1v) is 5.27. The van der Waals surface area contributed by atoms with Crippen molar-refractivity contribution in [1.29, 1.82) is 0 Å². The van der Waals surface area contributed by atoms with Crippen molar-refractivity contribution in [2.75, 3.05) is 0 Å². The van der Waals surface area contributed by atoms with Crippen LogP contribution in [-0.4, -0.2) is 12.3 Å². The van der Waals surface area contributed by atoms with Gasteiger partial charge in [-0.1, -0.05) is 24.3 Å². The number of hydrogen-bond acceptors (Lipinski definition) is 3. The summed E-state index contributed by atoms with van der Waals surface area (Å²) in [5.41, 5.74) is 5.54. The quantitative estimate of drug-likeness (QED) is 0.829. The van der Waals surface area contributed by atoms with E-state index in [1.807, 2.05) is 12.1 Å². The highest BCUT2D eigenvalue weighted by molar-refractivity contribution is 7.11. The van der Waals surface area contributed by atoms with Crippen LogP contribution in [0.3, 0.4) is 0 Å². The van der Waals surface area contributed by atoms with Gasteiger partial charge in [0.15, 0.2) is 0 Å². The lowest BCUT2D eigenvalue weighted by molar-refractivity contribution is 0.541. The van der Waals surface area contributed by atoms with E-state index in [9.17, 15) is 4.79 Å². The van der Waals surface area contributed by atoms with Gasteiger partial charge >= 0.3 is 0 Å². The fourth-order valence-corrected chi connectivity index (χ4v) is 2.51. The van der Waals surface area contributed by atoms with E-state index in [0.29, 0.717) is 6.42 Å². The summed E-state index contributed by atoms with van der Waals surface area (Å²) in [7, 11) is 0. The second-order valence-corrected chi connectivity index (χ2v) is 4.14. The molecule has 2 N–H and O–H groups in total. The molecule has 14 heavy (non-hydrogen) atoms. The maximum absolute atomic E-state index is 10.3. The van der Waals surface area contributed by atoms with Gasteiger partial charge in [-0.05, 0) is 16.2 Å². The Balaban J connectivity index is 2.38. The topological polar surface area (TPSA) is 43.1 Å². The average Bonchev–Trinajstić information content (AvgIpc) is 2.62. The predicted octanol–water partition coefficient (Wildman–Crippen LogP) is 1.88. The van der Waals surface area contributed by atoms with Gasteiger partial charge in [0, 0.05) is 11.3 Å². The van der Waals surface area contributed by atoms with Gasteiger partial charge in [-0.25, -0.2) is 0 Å². The zero-order valence-electron chi connectivity index (χ0n) is 7.57. The van der Waals surface area contributed by atoms with Crippen LogP contribution < -0.4 is 5.73 Å². The van der Waals surface area contributed by atoms with Gasteiger partial charge in [-0.2, -0.15) is 0 Å². The molecule has 1 atom stereocenters. The molecule has 1 radical (unpaired) electrons. The van der Waals surface area contributed by atoms with Crippen molar-refractivity contribution in [2.24, 2.45) is 5.73 Å². The molecule has 1 aromatic carbocycles. The first-order chi connectivity index (χ1) is 6.81. The number of carbonyl (C=O) groups excluding carboxylic acids is 1. The Morgan fingerprint density at radius 1 is 1.43 bits per heavy atom. The van der Waals surface area contributed by atoms with Crippen molar-refractivity contribution in [2.45, 2.75) is 12.5 Å². The Morgan fingerprint density at radius 2 is 2.21 bits per heavy atom. The minimum Gasteiger partial charge on any atom is -0.321 e. The van der Waals surface area contributed by atoms with Crippen LogP contribution in [0.25, 0.3) is 10.8 Å². The number of fused-ring (bicyclic) bond motifs is 1. The zero-order valence-corrected chi connectivity index (χ0v) is 8.38. The summed E-state index contributed by atoms with van der Waals surface area (Å²) < 4.78 is 0. The Bertz CT molecular complexity index is 449. The molecule has 0 amide bonds. The molecular weight excluding hydrogens is 194 g/mol. The average molecular weight is 204 g/mol. The van der Waals surface area contributed by atoms with Gasteiger partial charge in [0.2, 0.25) is 6.29 Å². The molecule has 0 aliphatic rings. The standard InChI is InChI=1S/C11H10NOS/c12-9(6-13)5-11-10-4-2-1-3-8(10)7-14-11/h1-4,7,9H,5,12H2/t9-/m0/s1. The van der Waals surface area contributed by atoms with Crippen molar-refractivity contribution in [1.82, 2.24) is 0 Å². The molecule has 0 bridgehead atoms. The molecule has 0 spiro atoms. The third-order valence-corrected chi connectivity index (χ3v) is 3.19. The third kappa shape index (κ3) is 1.69. The second-order valence-electron chi connectivity index (χ2n) is 3.17. The van der Waals surface area contributed by atoms with Gasteiger partial charge in [-0.3, -0.25) is 4.79 Å². The summed E-state index contributed by atoms with van der Waals surface area (Å²) in [5.74, 6) is 0. The van der Waals surface area contributed by atoms with Crippen molar-refractivity contribution in [3.63, 3.8) is 0 Å². The fraction of sp³-hybridized carbons (Fsp3) is 0.182. The third-order valence-electron chi connectivity index (χ3n) is 2.15. The van der Waals surface area contributed by atoms with Crippen LogP contribution >= 0.6 is 11.3 Å². The Labute approximate surface area is 86.3 Å². The highest BCUT2D eigenvalue weighted by Crippen LogP contribution is 2.26. The van der Waals surface area contributed by atoms with Crippen molar-refractivity contribution >= 4 is 28.4 Å². The van der Waals surface area contributed by atoms with Crippen molar-refractivity contribution in [3.05, 3.63) is 34.5 Å². The molecule has 2 aromatic rings. The number of hydrogen-bond donors (Lipinski definition) is 1. The lowest BCUT2D eigenvalue weighted by atomic mass is 10.1. The molecule has 71 valence electrons. The number of benzene rings is 1. The number of nitrogens with two attached hydrogens (primary N) is 1.